The molecule has 6 heteroatoms. The molecule has 24 heavy (non-hydrogen) atoms. The van der Waals surface area contributed by atoms with Crippen LogP contribution in [0, 0.1) is 6.92 Å². The van der Waals surface area contributed by atoms with E-state index in [0.29, 0.717) is 32.9 Å². The number of nitrogens with one attached hydrogen (secondary N) is 2. The molecule has 1 aromatic heterocycles. The zero-order valence-corrected chi connectivity index (χ0v) is 13.9. The number of pyridine rings is 1. The van der Waals surface area contributed by atoms with Crippen LogP contribution in [0.25, 0.3) is 10.9 Å². The Balaban J connectivity index is 1.91. The van der Waals surface area contributed by atoms with E-state index < -0.39 is 0 Å². The van der Waals surface area contributed by atoms with Crippen LogP contribution in [0.1, 0.15) is 16.1 Å². The number of hydrogen-bond donors (Lipinski definition) is 2. The number of hydrogen-bond acceptors (Lipinski definition) is 3. The number of H-pyrrole nitrogens is 1. The van der Waals surface area contributed by atoms with Crippen LogP contribution in [-0.2, 0) is 0 Å². The first-order chi connectivity index (χ1) is 11.5. The number of rotatable bonds is 3. The fourth-order valence-corrected chi connectivity index (χ4v) is 2.73. The van der Waals surface area contributed by atoms with E-state index >= 15 is 0 Å². The van der Waals surface area contributed by atoms with Crippen molar-refractivity contribution in [2.24, 2.45) is 0 Å². The van der Waals surface area contributed by atoms with Crippen molar-refractivity contribution in [3.63, 3.8) is 0 Å². The highest BCUT2D eigenvalue weighted by atomic mass is 35.5. The first kappa shape index (κ1) is 16.1. The number of ether oxygens (including phenoxy) is 1. The summed E-state index contributed by atoms with van der Waals surface area (Å²) < 4.78 is 5.08. The molecule has 0 fully saturated rings. The van der Waals surface area contributed by atoms with Crippen LogP contribution >= 0.6 is 11.6 Å². The minimum Gasteiger partial charge on any atom is -0.495 e. The highest BCUT2D eigenvalue weighted by Crippen LogP contribution is 2.27. The predicted molar refractivity (Wildman–Crippen MR) is 95.3 cm³/mol. The van der Waals surface area contributed by atoms with Crippen molar-refractivity contribution < 1.29 is 9.53 Å². The van der Waals surface area contributed by atoms with Crippen LogP contribution in [0.4, 0.5) is 5.69 Å². The van der Waals surface area contributed by atoms with Crippen LogP contribution in [-0.4, -0.2) is 18.0 Å². The Labute approximate surface area is 143 Å². The SMILES string of the molecule is COc1ccc(NC(=O)c2ccc3[nH]c(C)cc(=O)c3c2)cc1Cl. The van der Waals surface area contributed by atoms with Crippen molar-refractivity contribution in [3.8, 4) is 5.75 Å². The normalized spacial score (nSPS) is 10.6. The monoisotopic (exact) mass is 342 g/mol. The Morgan fingerprint density at radius 2 is 1.96 bits per heavy atom. The summed E-state index contributed by atoms with van der Waals surface area (Å²) in [4.78, 5) is 27.6. The third kappa shape index (κ3) is 3.12. The molecule has 0 aliphatic heterocycles. The van der Waals surface area contributed by atoms with E-state index in [0.717, 1.165) is 5.69 Å². The Morgan fingerprint density at radius 3 is 2.67 bits per heavy atom. The maximum Gasteiger partial charge on any atom is 0.255 e. The number of methoxy groups -OCH3 is 1. The number of halogens is 1. The summed E-state index contributed by atoms with van der Waals surface area (Å²) in [5.41, 5.74) is 2.29. The molecule has 0 saturated heterocycles. The number of anilines is 1. The summed E-state index contributed by atoms with van der Waals surface area (Å²) in [6.45, 7) is 1.81. The smallest absolute Gasteiger partial charge is 0.255 e. The van der Waals surface area contributed by atoms with Gasteiger partial charge < -0.3 is 15.0 Å². The molecule has 0 aliphatic carbocycles. The van der Waals surface area contributed by atoms with Gasteiger partial charge in [0.1, 0.15) is 5.75 Å². The van der Waals surface area contributed by atoms with Gasteiger partial charge in [-0.1, -0.05) is 11.6 Å². The first-order valence-corrected chi connectivity index (χ1v) is 7.64. The number of aromatic nitrogens is 1. The molecule has 3 rings (SSSR count). The van der Waals surface area contributed by atoms with Crippen molar-refractivity contribution >= 4 is 34.1 Å². The van der Waals surface area contributed by atoms with E-state index in [-0.39, 0.29) is 11.3 Å². The molecule has 2 aromatic carbocycles. The van der Waals surface area contributed by atoms with Crippen molar-refractivity contribution in [1.82, 2.24) is 4.98 Å². The zero-order chi connectivity index (χ0) is 17.3. The summed E-state index contributed by atoms with van der Waals surface area (Å²) in [6.07, 6.45) is 0. The number of carbonyl (C=O) groups excluding carboxylic acids is 1. The third-order valence-electron chi connectivity index (χ3n) is 3.64. The molecule has 0 saturated carbocycles. The van der Waals surface area contributed by atoms with E-state index in [1.165, 1.54) is 13.2 Å². The largest absolute Gasteiger partial charge is 0.495 e. The molecule has 0 atom stereocenters. The van der Waals surface area contributed by atoms with Crippen LogP contribution in [0.15, 0.2) is 47.3 Å². The lowest BCUT2D eigenvalue weighted by Gasteiger charge is -2.09. The average Bonchev–Trinajstić information content (AvgIpc) is 2.54. The maximum absolute atomic E-state index is 12.4. The van der Waals surface area contributed by atoms with Crippen molar-refractivity contribution in [2.75, 3.05) is 12.4 Å². The Kier molecular flexibility index (Phi) is 4.27. The van der Waals surface area contributed by atoms with E-state index in [9.17, 15) is 9.59 Å². The molecule has 0 aliphatic rings. The molecule has 0 spiro atoms. The summed E-state index contributed by atoms with van der Waals surface area (Å²) >= 11 is 6.05. The van der Waals surface area contributed by atoms with E-state index in [4.69, 9.17) is 16.3 Å². The highest BCUT2D eigenvalue weighted by Gasteiger charge is 2.10. The average molecular weight is 343 g/mol. The first-order valence-electron chi connectivity index (χ1n) is 7.26. The highest BCUT2D eigenvalue weighted by molar-refractivity contribution is 6.32. The second-order valence-corrected chi connectivity index (χ2v) is 5.79. The van der Waals surface area contributed by atoms with Gasteiger partial charge in [-0.2, -0.15) is 0 Å². The molecule has 1 amide bonds. The van der Waals surface area contributed by atoms with Crippen LogP contribution < -0.4 is 15.5 Å². The van der Waals surface area contributed by atoms with Gasteiger partial charge >= 0.3 is 0 Å². The third-order valence-corrected chi connectivity index (χ3v) is 3.93. The molecule has 0 unspecified atom stereocenters. The van der Waals surface area contributed by atoms with Gasteiger partial charge in [-0.05, 0) is 43.3 Å². The van der Waals surface area contributed by atoms with Gasteiger partial charge in [0.15, 0.2) is 5.43 Å². The van der Waals surface area contributed by atoms with E-state index in [2.05, 4.69) is 10.3 Å². The number of carbonyl (C=O) groups is 1. The predicted octanol–water partition coefficient (Wildman–Crippen LogP) is 3.75. The molecule has 5 nitrogen and oxygen atoms in total. The molecule has 1 heterocycles. The lowest BCUT2D eigenvalue weighted by Crippen LogP contribution is -2.13. The Bertz CT molecular complexity index is 995. The summed E-state index contributed by atoms with van der Waals surface area (Å²) in [7, 11) is 1.52. The molecular weight excluding hydrogens is 328 g/mol. The van der Waals surface area contributed by atoms with Gasteiger partial charge in [-0.3, -0.25) is 9.59 Å². The van der Waals surface area contributed by atoms with Gasteiger partial charge in [0.2, 0.25) is 0 Å². The second-order valence-electron chi connectivity index (χ2n) is 5.38. The maximum atomic E-state index is 12.4. The molecule has 0 bridgehead atoms. The summed E-state index contributed by atoms with van der Waals surface area (Å²) in [5.74, 6) is 0.209. The van der Waals surface area contributed by atoms with Crippen molar-refractivity contribution in [2.45, 2.75) is 6.92 Å². The fourth-order valence-electron chi connectivity index (χ4n) is 2.47. The topological polar surface area (TPSA) is 71.2 Å². The zero-order valence-electron chi connectivity index (χ0n) is 13.1. The van der Waals surface area contributed by atoms with Crippen molar-refractivity contribution in [1.29, 1.82) is 0 Å². The minimum absolute atomic E-state index is 0.122. The summed E-state index contributed by atoms with van der Waals surface area (Å²) in [6, 6.07) is 11.4. The van der Waals surface area contributed by atoms with Gasteiger partial charge in [0.05, 0.1) is 12.1 Å². The quantitative estimate of drug-likeness (QED) is 0.761. The minimum atomic E-state index is -0.321. The van der Waals surface area contributed by atoms with E-state index in [1.807, 2.05) is 6.92 Å². The molecular formula is C18H15ClN2O3. The van der Waals surface area contributed by atoms with Gasteiger partial charge in [-0.15, -0.1) is 0 Å². The molecule has 0 radical (unpaired) electrons. The molecule has 2 N–H and O–H groups in total. The van der Waals surface area contributed by atoms with Gasteiger partial charge in [-0.25, -0.2) is 0 Å². The number of benzene rings is 2. The molecule has 122 valence electrons. The number of aromatic amines is 1. The number of aryl methyl sites for hydroxylation is 1. The van der Waals surface area contributed by atoms with Gasteiger partial charge in [0, 0.05) is 33.9 Å². The van der Waals surface area contributed by atoms with Crippen LogP contribution in [0.3, 0.4) is 0 Å². The standard InChI is InChI=1S/C18H15ClN2O3/c1-10-7-16(22)13-8-11(3-5-15(13)20-10)18(23)21-12-4-6-17(24-2)14(19)9-12/h3-9H,1-2H3,(H,20,22)(H,21,23). The van der Waals surface area contributed by atoms with Gasteiger partial charge in [0.25, 0.3) is 5.91 Å². The van der Waals surface area contributed by atoms with Crippen molar-refractivity contribution in [3.05, 3.63) is 69.0 Å². The number of fused-ring (bicyclic) bond motifs is 1. The second kappa shape index (κ2) is 6.37. The van der Waals surface area contributed by atoms with E-state index in [1.54, 1.807) is 36.4 Å². The number of amides is 1. The molecule has 3 aromatic rings. The van der Waals surface area contributed by atoms with Crippen LogP contribution in [0.2, 0.25) is 5.02 Å². The van der Waals surface area contributed by atoms with Crippen LogP contribution in [0.5, 0.6) is 5.75 Å². The Morgan fingerprint density at radius 1 is 1.17 bits per heavy atom. The lowest BCUT2D eigenvalue weighted by molar-refractivity contribution is 0.102. The Hall–Kier alpha value is -2.79. The fraction of sp³-hybridized carbons (Fsp3) is 0.111. The lowest BCUT2D eigenvalue weighted by atomic mass is 10.1. The summed E-state index contributed by atoms with van der Waals surface area (Å²) in [5, 5.41) is 3.63.